The van der Waals surface area contributed by atoms with Gasteiger partial charge in [0, 0.05) is 65.3 Å². The molecule has 54 heavy (non-hydrogen) atoms. The van der Waals surface area contributed by atoms with Crippen LogP contribution in [0.25, 0.3) is 87.6 Å². The first kappa shape index (κ1) is 33.0. The van der Waals surface area contributed by atoms with E-state index in [9.17, 15) is 20.2 Å². The fraction of sp³-hybridized carbons (Fsp3) is 0. The van der Waals surface area contributed by atoms with E-state index < -0.39 is 9.85 Å². The van der Waals surface area contributed by atoms with Crippen molar-refractivity contribution in [2.75, 3.05) is 0 Å². The smallest absolute Gasteiger partial charge is 0.258 e. The second-order valence-electron chi connectivity index (χ2n) is 12.6. The molecule has 8 bridgehead atoms. The third-order valence-electron chi connectivity index (χ3n) is 9.36. The second kappa shape index (κ2) is 13.6. The number of thiophene rings is 2. The summed E-state index contributed by atoms with van der Waals surface area (Å²) in [5.41, 5.74) is 10.4. The Morgan fingerprint density at radius 2 is 0.648 bits per heavy atom. The topological polar surface area (TPSA) is 112 Å². The van der Waals surface area contributed by atoms with Crippen molar-refractivity contribution in [3.05, 3.63) is 176 Å². The molecule has 0 aliphatic carbocycles. The van der Waals surface area contributed by atoms with Crippen LogP contribution < -0.4 is 0 Å². The first-order valence-corrected chi connectivity index (χ1v) is 18.6. The number of non-ortho nitro benzene ring substituents is 2. The predicted octanol–water partition coefficient (Wildman–Crippen LogP) is 12.6. The highest BCUT2D eigenvalue weighted by Crippen LogP contribution is 2.43. The molecule has 8 nitrogen and oxygen atoms in total. The second-order valence-corrected chi connectivity index (χ2v) is 14.8. The van der Waals surface area contributed by atoms with Crippen molar-refractivity contribution in [2.24, 2.45) is 0 Å². The average Bonchev–Trinajstić information content (AvgIpc) is 4.04. The van der Waals surface area contributed by atoms with Crippen LogP contribution in [-0.2, 0) is 0 Å². The van der Waals surface area contributed by atoms with Crippen LogP contribution in [0.15, 0.2) is 133 Å². The van der Waals surface area contributed by atoms with Crippen LogP contribution in [0.1, 0.15) is 22.8 Å². The monoisotopic (exact) mass is 738 g/mol. The van der Waals surface area contributed by atoms with Gasteiger partial charge in [0.25, 0.3) is 11.4 Å². The van der Waals surface area contributed by atoms with Crippen molar-refractivity contribution in [1.29, 1.82) is 0 Å². The maximum atomic E-state index is 11.6. The molecule has 0 N–H and O–H groups in total. The molecule has 258 valence electrons. The van der Waals surface area contributed by atoms with Gasteiger partial charge in [0.1, 0.15) is 0 Å². The van der Waals surface area contributed by atoms with Crippen LogP contribution in [0.2, 0.25) is 0 Å². The molecule has 0 atom stereocenters. The van der Waals surface area contributed by atoms with Gasteiger partial charge < -0.3 is 0 Å². The Morgan fingerprint density at radius 3 is 0.926 bits per heavy atom. The minimum atomic E-state index is -0.390. The molecule has 2 aliphatic heterocycles. The number of benzene rings is 4. The molecule has 0 unspecified atom stereocenters. The van der Waals surface area contributed by atoms with E-state index in [1.807, 2.05) is 60.7 Å². The third kappa shape index (κ3) is 5.99. The zero-order chi connectivity index (χ0) is 36.8. The van der Waals surface area contributed by atoms with Gasteiger partial charge in [-0.25, -0.2) is 9.97 Å². The summed E-state index contributed by atoms with van der Waals surface area (Å²) in [6.45, 7) is 0. The van der Waals surface area contributed by atoms with E-state index in [-0.39, 0.29) is 11.4 Å². The molecule has 2 aliphatic rings. The van der Waals surface area contributed by atoms with Gasteiger partial charge in [-0.05, 0) is 95.1 Å². The third-order valence-corrected chi connectivity index (χ3v) is 11.6. The Kier molecular flexibility index (Phi) is 8.30. The van der Waals surface area contributed by atoms with Crippen LogP contribution in [0.4, 0.5) is 11.4 Å². The van der Waals surface area contributed by atoms with Gasteiger partial charge >= 0.3 is 0 Å². The highest BCUT2D eigenvalue weighted by Gasteiger charge is 2.20. The van der Waals surface area contributed by atoms with Crippen LogP contribution in [-0.4, -0.2) is 19.8 Å². The molecule has 0 amide bonds. The normalized spacial score (nSPS) is 11.9. The lowest BCUT2D eigenvalue weighted by atomic mass is 10.0. The van der Waals surface area contributed by atoms with E-state index in [2.05, 4.69) is 48.5 Å². The summed E-state index contributed by atoms with van der Waals surface area (Å²) in [5.74, 6) is 0. The van der Waals surface area contributed by atoms with Crippen molar-refractivity contribution in [3.63, 3.8) is 0 Å². The number of aromatic nitrogens is 2. The lowest BCUT2D eigenvalue weighted by Crippen LogP contribution is -1.89. The van der Waals surface area contributed by atoms with Crippen molar-refractivity contribution in [2.45, 2.75) is 0 Å². The number of hydrogen-bond donors (Lipinski definition) is 0. The van der Waals surface area contributed by atoms with Gasteiger partial charge in [0.15, 0.2) is 0 Å². The van der Waals surface area contributed by atoms with Crippen molar-refractivity contribution in [3.8, 4) is 44.5 Å². The summed E-state index contributed by atoms with van der Waals surface area (Å²) < 4.78 is 3.89. The number of nitro benzene ring substituents is 2. The maximum absolute atomic E-state index is 11.6. The molecule has 0 saturated heterocycles. The van der Waals surface area contributed by atoms with Gasteiger partial charge in [-0.15, -0.1) is 22.7 Å². The Bertz CT molecular complexity index is 2660. The lowest BCUT2D eigenvalue weighted by molar-refractivity contribution is -0.385. The lowest BCUT2D eigenvalue weighted by Gasteiger charge is -2.06. The fourth-order valence-electron chi connectivity index (χ4n) is 6.87. The summed E-state index contributed by atoms with van der Waals surface area (Å²) >= 11 is 3.22. The molecule has 4 aromatic carbocycles. The van der Waals surface area contributed by atoms with Crippen molar-refractivity contribution < 1.29 is 9.85 Å². The first-order chi connectivity index (χ1) is 26.4. The average molecular weight is 739 g/mol. The highest BCUT2D eigenvalue weighted by atomic mass is 32.1. The summed E-state index contributed by atoms with van der Waals surface area (Å²) in [6, 6.07) is 41.9. The SMILES string of the molecule is O=[N+]([O-])c1ccc(-c2c3nc(c(-c4ccccc4)c4ccc(s4)c(-c4ccc([N+](=O)[O-])cc4)c4nc(c(-c5ccccc5)c5ccc2s5)C=C4)C=C3)cc1. The number of nitrogens with zero attached hydrogens (tertiary/aromatic N) is 4. The predicted molar refractivity (Wildman–Crippen MR) is 221 cm³/mol. The molecule has 0 fully saturated rings. The quantitative estimate of drug-likeness (QED) is 0.124. The van der Waals surface area contributed by atoms with E-state index in [1.54, 1.807) is 46.9 Å². The largest absolute Gasteiger partial charge is 0.269 e. The van der Waals surface area contributed by atoms with Crippen molar-refractivity contribution in [1.82, 2.24) is 9.97 Å². The molecule has 7 aromatic rings. The summed E-state index contributed by atoms with van der Waals surface area (Å²) in [7, 11) is 0. The van der Waals surface area contributed by atoms with Gasteiger partial charge in [-0.1, -0.05) is 60.7 Å². The molecule has 0 saturated carbocycles. The summed E-state index contributed by atoms with van der Waals surface area (Å²) in [5, 5.41) is 23.2. The van der Waals surface area contributed by atoms with Gasteiger partial charge in [-0.3, -0.25) is 20.2 Å². The first-order valence-electron chi connectivity index (χ1n) is 17.0. The zero-order valence-corrected chi connectivity index (χ0v) is 29.9. The van der Waals surface area contributed by atoms with E-state index in [1.165, 1.54) is 24.3 Å². The highest BCUT2D eigenvalue weighted by molar-refractivity contribution is 7.24. The molecule has 3 aromatic heterocycles. The van der Waals surface area contributed by atoms with E-state index in [4.69, 9.17) is 9.97 Å². The van der Waals surface area contributed by atoms with E-state index >= 15 is 0 Å². The number of nitro groups is 2. The molecule has 0 spiro atoms. The maximum Gasteiger partial charge on any atom is 0.269 e. The number of fused-ring (bicyclic) bond motifs is 8. The number of hydrogen-bond acceptors (Lipinski definition) is 8. The molecule has 10 heteroatoms. The Morgan fingerprint density at radius 1 is 0.370 bits per heavy atom. The minimum absolute atomic E-state index is 0.0199. The Labute approximate surface area is 316 Å². The number of rotatable bonds is 6. The van der Waals surface area contributed by atoms with Crippen LogP contribution in [0.3, 0.4) is 0 Å². The molecule has 9 rings (SSSR count). The standard InChI is InChI=1S/C44H26N4O4S2/c49-47(50)31-15-11-29(12-16-31)43-35-21-19-33(45-35)41(27-7-3-1-4-8-27)37-23-25-39(53-37)44(30-13-17-32(18-14-30)48(51)52)36-22-20-34(46-36)42(28-9-5-2-6-10-28)38-24-26-40(43)54-38/h1-26H. The molecule has 0 radical (unpaired) electrons. The van der Waals surface area contributed by atoms with Crippen LogP contribution in [0, 0.1) is 20.2 Å². The van der Waals surface area contributed by atoms with E-state index in [0.29, 0.717) is 0 Å². The van der Waals surface area contributed by atoms with Crippen molar-refractivity contribution >= 4 is 77.2 Å². The van der Waals surface area contributed by atoms with Gasteiger partial charge in [-0.2, -0.15) is 0 Å². The van der Waals surface area contributed by atoms with E-state index in [0.717, 1.165) is 86.1 Å². The molecule has 5 heterocycles. The Balaban J connectivity index is 1.44. The summed E-state index contributed by atoms with van der Waals surface area (Å²) in [6.07, 6.45) is 8.09. The zero-order valence-electron chi connectivity index (χ0n) is 28.2. The van der Waals surface area contributed by atoms with Gasteiger partial charge in [0.2, 0.25) is 0 Å². The summed E-state index contributed by atoms with van der Waals surface area (Å²) in [4.78, 5) is 33.0. The van der Waals surface area contributed by atoms with Gasteiger partial charge in [0.05, 0.1) is 32.6 Å². The molecular weight excluding hydrogens is 713 g/mol. The minimum Gasteiger partial charge on any atom is -0.258 e. The molecular formula is C44H26N4O4S2. The fourth-order valence-corrected chi connectivity index (χ4v) is 9.19. The van der Waals surface area contributed by atoms with Crippen LogP contribution in [0.5, 0.6) is 0 Å². The van der Waals surface area contributed by atoms with Crippen LogP contribution >= 0.6 is 22.7 Å². The Hall–Kier alpha value is -6.88.